The monoisotopic (exact) mass is 165 g/mol. The van der Waals surface area contributed by atoms with Crippen LogP contribution in [-0.4, -0.2) is 10.4 Å². The summed E-state index contributed by atoms with van der Waals surface area (Å²) in [7, 11) is 0. The molecule has 0 aromatic carbocycles. The molecule has 52 valence electrons. The second-order valence-corrected chi connectivity index (χ2v) is 1.99. The van der Waals surface area contributed by atoms with E-state index in [-0.39, 0.29) is 12.4 Å². The van der Waals surface area contributed by atoms with Gasteiger partial charge in [-0.3, -0.25) is 0 Å². The van der Waals surface area contributed by atoms with Gasteiger partial charge in [0.1, 0.15) is 0 Å². The van der Waals surface area contributed by atoms with Crippen LogP contribution in [0.4, 0.5) is 0 Å². The van der Waals surface area contributed by atoms with Gasteiger partial charge in [-0.2, -0.15) is 0 Å². The maximum absolute atomic E-state index is 5.47. The standard InChI is InChI=1S/C6H8ClN.ClH/c7-3-6-8-4-1-2-5-8;/h1-2,4-5H,3,6H2;1H. The van der Waals surface area contributed by atoms with Gasteiger partial charge in [-0.25, -0.2) is 0 Å². The third-order valence-electron chi connectivity index (χ3n) is 1.01. The Labute approximate surface area is 66.0 Å². The maximum Gasteiger partial charge on any atom is 0.0403 e. The molecule has 1 heterocycles. The zero-order chi connectivity index (χ0) is 5.82. The Balaban J connectivity index is 0.000000640. The van der Waals surface area contributed by atoms with Crippen molar-refractivity contribution in [2.45, 2.75) is 6.54 Å². The van der Waals surface area contributed by atoms with Crippen LogP contribution in [0.3, 0.4) is 0 Å². The molecule has 0 aliphatic rings. The van der Waals surface area contributed by atoms with Crippen molar-refractivity contribution >= 4 is 24.0 Å². The van der Waals surface area contributed by atoms with Gasteiger partial charge in [0.25, 0.3) is 0 Å². The molecule has 0 radical (unpaired) electrons. The summed E-state index contributed by atoms with van der Waals surface area (Å²) >= 11 is 5.47. The topological polar surface area (TPSA) is 4.93 Å². The quantitative estimate of drug-likeness (QED) is 0.593. The largest absolute Gasteiger partial charge is 0.353 e. The molecule has 0 aliphatic carbocycles. The minimum atomic E-state index is 0. The van der Waals surface area contributed by atoms with Crippen LogP contribution >= 0.6 is 24.0 Å². The van der Waals surface area contributed by atoms with Crippen molar-refractivity contribution in [3.05, 3.63) is 24.5 Å². The third kappa shape index (κ3) is 2.78. The molecule has 1 nitrogen and oxygen atoms in total. The van der Waals surface area contributed by atoms with E-state index in [0.717, 1.165) is 6.54 Å². The van der Waals surface area contributed by atoms with Crippen molar-refractivity contribution < 1.29 is 0 Å². The predicted octanol–water partition coefficient (Wildman–Crippen LogP) is 2.15. The Hall–Kier alpha value is -0.140. The molecule has 0 saturated heterocycles. The van der Waals surface area contributed by atoms with E-state index in [1.807, 2.05) is 29.1 Å². The van der Waals surface area contributed by atoms with Gasteiger partial charge < -0.3 is 4.57 Å². The SMILES string of the molecule is Cl.ClCCn1cccc1. The highest BCUT2D eigenvalue weighted by atomic mass is 35.5. The summed E-state index contributed by atoms with van der Waals surface area (Å²) in [6.07, 6.45) is 4.00. The number of hydrogen-bond donors (Lipinski definition) is 0. The van der Waals surface area contributed by atoms with E-state index >= 15 is 0 Å². The molecular weight excluding hydrogens is 157 g/mol. The summed E-state index contributed by atoms with van der Waals surface area (Å²) in [5.74, 6) is 0.689. The van der Waals surface area contributed by atoms with Crippen LogP contribution in [0.5, 0.6) is 0 Å². The van der Waals surface area contributed by atoms with Gasteiger partial charge in [-0.1, -0.05) is 0 Å². The summed E-state index contributed by atoms with van der Waals surface area (Å²) in [6.45, 7) is 0.911. The van der Waals surface area contributed by atoms with Gasteiger partial charge in [-0.15, -0.1) is 24.0 Å². The van der Waals surface area contributed by atoms with Crippen LogP contribution in [0.2, 0.25) is 0 Å². The first-order valence-electron chi connectivity index (χ1n) is 2.60. The zero-order valence-corrected chi connectivity index (χ0v) is 6.53. The van der Waals surface area contributed by atoms with E-state index in [9.17, 15) is 0 Å². The van der Waals surface area contributed by atoms with E-state index in [1.54, 1.807) is 0 Å². The fraction of sp³-hybridized carbons (Fsp3) is 0.333. The number of aryl methyl sites for hydroxylation is 1. The van der Waals surface area contributed by atoms with Gasteiger partial charge in [0.05, 0.1) is 0 Å². The summed E-state index contributed by atoms with van der Waals surface area (Å²) < 4.78 is 2.05. The van der Waals surface area contributed by atoms with Crippen molar-refractivity contribution in [2.24, 2.45) is 0 Å². The van der Waals surface area contributed by atoms with E-state index in [2.05, 4.69) is 0 Å². The summed E-state index contributed by atoms with van der Waals surface area (Å²) in [4.78, 5) is 0. The molecular formula is C6H9Cl2N. The second-order valence-electron chi connectivity index (χ2n) is 1.61. The first-order valence-corrected chi connectivity index (χ1v) is 3.13. The molecule has 3 heteroatoms. The molecule has 0 saturated carbocycles. The fourth-order valence-corrected chi connectivity index (χ4v) is 0.812. The van der Waals surface area contributed by atoms with Gasteiger partial charge in [-0.05, 0) is 12.1 Å². The highest BCUT2D eigenvalue weighted by molar-refractivity contribution is 6.17. The molecule has 0 bridgehead atoms. The molecule has 1 rings (SSSR count). The van der Waals surface area contributed by atoms with Crippen LogP contribution in [0.25, 0.3) is 0 Å². The third-order valence-corrected chi connectivity index (χ3v) is 1.18. The fourth-order valence-electron chi connectivity index (χ4n) is 0.617. The van der Waals surface area contributed by atoms with E-state index in [0.29, 0.717) is 5.88 Å². The molecule has 0 amide bonds. The molecule has 0 aliphatic heterocycles. The van der Waals surface area contributed by atoms with Gasteiger partial charge in [0, 0.05) is 24.8 Å². The minimum absolute atomic E-state index is 0. The lowest BCUT2D eigenvalue weighted by atomic mass is 10.7. The lowest BCUT2D eigenvalue weighted by Gasteiger charge is -1.93. The first-order chi connectivity index (χ1) is 3.93. The first kappa shape index (κ1) is 8.86. The molecule has 9 heavy (non-hydrogen) atoms. The number of rotatable bonds is 2. The van der Waals surface area contributed by atoms with Crippen molar-refractivity contribution in [1.29, 1.82) is 0 Å². The summed E-state index contributed by atoms with van der Waals surface area (Å²) in [5.41, 5.74) is 0. The van der Waals surface area contributed by atoms with E-state index in [4.69, 9.17) is 11.6 Å². The molecule has 0 fully saturated rings. The molecule has 1 aromatic rings. The second kappa shape index (κ2) is 4.71. The van der Waals surface area contributed by atoms with Gasteiger partial charge in [0.2, 0.25) is 0 Å². The van der Waals surface area contributed by atoms with Crippen molar-refractivity contribution in [2.75, 3.05) is 5.88 Å². The average Bonchev–Trinajstić information content (AvgIpc) is 2.19. The number of nitrogens with zero attached hydrogens (tertiary/aromatic N) is 1. The summed E-state index contributed by atoms with van der Waals surface area (Å²) in [5, 5.41) is 0. The number of alkyl halides is 1. The maximum atomic E-state index is 5.47. The highest BCUT2D eigenvalue weighted by Gasteiger charge is 1.82. The van der Waals surface area contributed by atoms with Gasteiger partial charge in [0.15, 0.2) is 0 Å². The lowest BCUT2D eigenvalue weighted by molar-refractivity contribution is 0.775. The Bertz CT molecular complexity index is 137. The molecule has 0 unspecified atom stereocenters. The van der Waals surface area contributed by atoms with E-state index < -0.39 is 0 Å². The molecule has 0 spiro atoms. The van der Waals surface area contributed by atoms with Crippen molar-refractivity contribution in [1.82, 2.24) is 4.57 Å². The molecule has 0 atom stereocenters. The lowest BCUT2D eigenvalue weighted by Crippen LogP contribution is -1.93. The van der Waals surface area contributed by atoms with Crippen LogP contribution in [0.1, 0.15) is 0 Å². The number of hydrogen-bond acceptors (Lipinski definition) is 0. The number of aromatic nitrogens is 1. The Kier molecular flexibility index (Phi) is 4.64. The van der Waals surface area contributed by atoms with Gasteiger partial charge >= 0.3 is 0 Å². The van der Waals surface area contributed by atoms with Crippen molar-refractivity contribution in [3.63, 3.8) is 0 Å². The van der Waals surface area contributed by atoms with Crippen LogP contribution in [0, 0.1) is 0 Å². The Morgan fingerprint density at radius 2 is 1.78 bits per heavy atom. The normalized spacial score (nSPS) is 8.56. The zero-order valence-electron chi connectivity index (χ0n) is 4.96. The summed E-state index contributed by atoms with van der Waals surface area (Å²) in [6, 6.07) is 3.99. The Morgan fingerprint density at radius 3 is 2.22 bits per heavy atom. The molecule has 1 aromatic heterocycles. The number of halogens is 2. The molecule has 0 N–H and O–H groups in total. The van der Waals surface area contributed by atoms with E-state index in [1.165, 1.54) is 0 Å². The van der Waals surface area contributed by atoms with Crippen LogP contribution in [0.15, 0.2) is 24.5 Å². The smallest absolute Gasteiger partial charge is 0.0403 e. The van der Waals surface area contributed by atoms with Crippen LogP contribution < -0.4 is 0 Å². The minimum Gasteiger partial charge on any atom is -0.353 e. The predicted molar refractivity (Wildman–Crippen MR) is 42.4 cm³/mol. The average molecular weight is 166 g/mol. The Morgan fingerprint density at radius 1 is 1.22 bits per heavy atom. The van der Waals surface area contributed by atoms with Crippen LogP contribution in [-0.2, 0) is 6.54 Å². The van der Waals surface area contributed by atoms with Crippen molar-refractivity contribution in [3.8, 4) is 0 Å². The highest BCUT2D eigenvalue weighted by Crippen LogP contribution is 1.89.